The lowest BCUT2D eigenvalue weighted by Gasteiger charge is -1.97. The van der Waals surface area contributed by atoms with Gasteiger partial charge in [-0.25, -0.2) is 0 Å². The fourth-order valence-electron chi connectivity index (χ4n) is 0.277. The van der Waals surface area contributed by atoms with Crippen LogP contribution < -0.4 is 0 Å². The molecule has 5 heteroatoms. The van der Waals surface area contributed by atoms with Crippen molar-refractivity contribution in [2.24, 2.45) is 0 Å². The highest BCUT2D eigenvalue weighted by molar-refractivity contribution is 7.33. The van der Waals surface area contributed by atoms with Crippen LogP contribution >= 0.6 is 8.25 Å². The molecule has 0 aliphatic heterocycles. The maximum atomic E-state index is 10.4. The average molecular weight is 196 g/mol. The summed E-state index contributed by atoms with van der Waals surface area (Å²) in [5.41, 5.74) is 0. The Labute approximate surface area is 74.2 Å². The summed E-state index contributed by atoms with van der Waals surface area (Å²) in [5.74, 6) is 0.167. The first-order valence-corrected chi connectivity index (χ1v) is 5.03. The lowest BCUT2D eigenvalue weighted by Crippen LogP contribution is -1.81. The van der Waals surface area contributed by atoms with Crippen molar-refractivity contribution in [2.45, 2.75) is 27.7 Å². The zero-order valence-corrected chi connectivity index (χ0v) is 9.05. The summed E-state index contributed by atoms with van der Waals surface area (Å²) in [4.78, 5) is 9.44. The summed E-state index contributed by atoms with van der Waals surface area (Å²) in [6, 6.07) is 0. The zero-order chi connectivity index (χ0) is 9.98. The van der Waals surface area contributed by atoms with E-state index in [1.807, 2.05) is 0 Å². The first-order valence-electron chi connectivity index (χ1n) is 3.81. The molecule has 0 heterocycles. The minimum atomic E-state index is -2.14. The Morgan fingerprint density at radius 3 is 1.58 bits per heavy atom. The van der Waals surface area contributed by atoms with E-state index in [9.17, 15) is 9.36 Å². The van der Waals surface area contributed by atoms with Crippen molar-refractivity contribution in [2.75, 3.05) is 13.2 Å². The smallest absolute Gasteiger partial charge is 0.311 e. The Morgan fingerprint density at radius 1 is 1.17 bits per heavy atom. The van der Waals surface area contributed by atoms with Crippen LogP contribution in [0.15, 0.2) is 0 Å². The fraction of sp³-hybridized carbons (Fsp3) is 0.857. The number of hydrogen-bond donors (Lipinski definition) is 0. The molecular formula is C7H17O4P. The van der Waals surface area contributed by atoms with Gasteiger partial charge in [0.05, 0.1) is 13.2 Å². The van der Waals surface area contributed by atoms with Crippen LogP contribution in [0, 0.1) is 0 Å². The van der Waals surface area contributed by atoms with Crippen LogP contribution in [0.25, 0.3) is 0 Å². The first-order chi connectivity index (χ1) is 5.54. The Kier molecular flexibility index (Phi) is 12.9. The van der Waals surface area contributed by atoms with Gasteiger partial charge in [0.1, 0.15) is 5.78 Å². The molecule has 74 valence electrons. The van der Waals surface area contributed by atoms with Crippen LogP contribution in [0.1, 0.15) is 27.7 Å². The minimum absolute atomic E-state index is 0.167. The van der Waals surface area contributed by atoms with E-state index in [-0.39, 0.29) is 5.78 Å². The number of carbonyl (C=O) groups excluding carboxylic acids is 1. The average Bonchev–Trinajstić information content (AvgIpc) is 1.87. The summed E-state index contributed by atoms with van der Waals surface area (Å²) < 4.78 is 19.6. The molecule has 0 bridgehead atoms. The monoisotopic (exact) mass is 196 g/mol. The second-order valence-corrected chi connectivity index (χ2v) is 3.10. The Morgan fingerprint density at radius 2 is 1.42 bits per heavy atom. The Hall–Kier alpha value is -0.180. The van der Waals surface area contributed by atoms with Gasteiger partial charge < -0.3 is 13.8 Å². The minimum Gasteiger partial charge on any atom is -0.311 e. The molecular weight excluding hydrogens is 179 g/mol. The molecule has 0 amide bonds. The quantitative estimate of drug-likeness (QED) is 0.645. The zero-order valence-electron chi connectivity index (χ0n) is 8.05. The predicted octanol–water partition coefficient (Wildman–Crippen LogP) is 2.04. The number of carbonyl (C=O) groups is 1. The van der Waals surface area contributed by atoms with E-state index in [2.05, 4.69) is 9.05 Å². The third kappa shape index (κ3) is 22.6. The highest BCUT2D eigenvalue weighted by Crippen LogP contribution is 2.21. The predicted molar refractivity (Wildman–Crippen MR) is 48.6 cm³/mol. The summed E-state index contributed by atoms with van der Waals surface area (Å²) in [6.07, 6.45) is 0. The van der Waals surface area contributed by atoms with Crippen molar-refractivity contribution >= 4 is 14.0 Å². The molecule has 0 aliphatic carbocycles. The van der Waals surface area contributed by atoms with Gasteiger partial charge in [-0.1, -0.05) is 0 Å². The van der Waals surface area contributed by atoms with Gasteiger partial charge in [0.25, 0.3) is 0 Å². The molecule has 0 aliphatic rings. The first kappa shape index (κ1) is 14.3. The van der Waals surface area contributed by atoms with E-state index >= 15 is 0 Å². The molecule has 0 aromatic heterocycles. The molecule has 0 atom stereocenters. The third-order valence-electron chi connectivity index (χ3n) is 0.524. The molecule has 0 N–H and O–H groups in total. The molecule has 12 heavy (non-hydrogen) atoms. The lowest BCUT2D eigenvalue weighted by atomic mass is 10.6. The molecule has 0 unspecified atom stereocenters. The van der Waals surface area contributed by atoms with Gasteiger partial charge in [0.15, 0.2) is 0 Å². The molecule has 0 radical (unpaired) electrons. The molecule has 0 rings (SSSR count). The topological polar surface area (TPSA) is 52.6 Å². The van der Waals surface area contributed by atoms with Crippen molar-refractivity contribution in [1.29, 1.82) is 0 Å². The van der Waals surface area contributed by atoms with Crippen LogP contribution in [-0.4, -0.2) is 19.0 Å². The van der Waals surface area contributed by atoms with Gasteiger partial charge in [0.2, 0.25) is 0 Å². The van der Waals surface area contributed by atoms with Crippen molar-refractivity contribution in [3.8, 4) is 0 Å². The summed E-state index contributed by atoms with van der Waals surface area (Å²) in [6.45, 7) is 7.53. The molecule has 0 aromatic rings. The maximum Gasteiger partial charge on any atom is 0.319 e. The fourth-order valence-corrected chi connectivity index (χ4v) is 0.832. The number of ketones is 1. The van der Waals surface area contributed by atoms with Crippen LogP contribution in [0.4, 0.5) is 0 Å². The third-order valence-corrected chi connectivity index (χ3v) is 1.57. The summed E-state index contributed by atoms with van der Waals surface area (Å²) in [5, 5.41) is 0. The van der Waals surface area contributed by atoms with Crippen molar-refractivity contribution < 1.29 is 18.4 Å². The van der Waals surface area contributed by atoms with Gasteiger partial charge in [-0.15, -0.1) is 0 Å². The van der Waals surface area contributed by atoms with E-state index in [4.69, 9.17) is 0 Å². The van der Waals surface area contributed by atoms with E-state index < -0.39 is 8.25 Å². The number of Topliss-reactive ketones (excluding diaryl/α,β-unsaturated/α-hetero) is 1. The van der Waals surface area contributed by atoms with E-state index in [1.165, 1.54) is 13.8 Å². The standard InChI is InChI=1S/C4H11O3P.C3H6O/c1-3-6-8(5)7-4-2;1-3(2)4/h8H,3-4H2,1-2H3;1-2H3. The molecule has 0 saturated carbocycles. The van der Waals surface area contributed by atoms with Crippen molar-refractivity contribution in [3.05, 3.63) is 0 Å². The molecule has 0 spiro atoms. The molecule has 0 saturated heterocycles. The second-order valence-electron chi connectivity index (χ2n) is 2.02. The van der Waals surface area contributed by atoms with E-state index in [1.54, 1.807) is 13.8 Å². The summed E-state index contributed by atoms with van der Waals surface area (Å²) >= 11 is 0. The molecule has 0 aromatic carbocycles. The largest absolute Gasteiger partial charge is 0.319 e. The van der Waals surface area contributed by atoms with Gasteiger partial charge in [0, 0.05) is 0 Å². The lowest BCUT2D eigenvalue weighted by molar-refractivity contribution is -0.114. The SMILES string of the molecule is CC(C)=O.CCO[PH](=O)OCC. The highest BCUT2D eigenvalue weighted by atomic mass is 31.1. The van der Waals surface area contributed by atoms with Gasteiger partial charge in [-0.3, -0.25) is 4.57 Å². The van der Waals surface area contributed by atoms with Crippen LogP contribution in [0.2, 0.25) is 0 Å². The molecule has 0 fully saturated rings. The van der Waals surface area contributed by atoms with Crippen LogP contribution in [0.5, 0.6) is 0 Å². The Bertz CT molecular complexity index is 123. The van der Waals surface area contributed by atoms with Gasteiger partial charge in [-0.2, -0.15) is 0 Å². The van der Waals surface area contributed by atoms with Gasteiger partial charge in [-0.05, 0) is 27.7 Å². The number of rotatable bonds is 4. The normalized spacial score (nSPS) is 9.08. The van der Waals surface area contributed by atoms with Gasteiger partial charge >= 0.3 is 8.25 Å². The maximum absolute atomic E-state index is 10.4. The number of hydrogen-bond acceptors (Lipinski definition) is 4. The molecule has 4 nitrogen and oxygen atoms in total. The Balaban J connectivity index is 0. The van der Waals surface area contributed by atoms with Crippen molar-refractivity contribution in [3.63, 3.8) is 0 Å². The highest BCUT2D eigenvalue weighted by Gasteiger charge is 1.91. The van der Waals surface area contributed by atoms with E-state index in [0.29, 0.717) is 13.2 Å². The second kappa shape index (κ2) is 10.8. The van der Waals surface area contributed by atoms with E-state index in [0.717, 1.165) is 0 Å². The van der Waals surface area contributed by atoms with Crippen LogP contribution in [0.3, 0.4) is 0 Å². The summed E-state index contributed by atoms with van der Waals surface area (Å²) in [7, 11) is -2.14. The van der Waals surface area contributed by atoms with Crippen molar-refractivity contribution in [1.82, 2.24) is 0 Å². The van der Waals surface area contributed by atoms with Crippen LogP contribution in [-0.2, 0) is 18.4 Å².